The van der Waals surface area contributed by atoms with Crippen LogP contribution in [0.25, 0.3) is 0 Å². The van der Waals surface area contributed by atoms with Gasteiger partial charge in [0.05, 0.1) is 11.1 Å². The van der Waals surface area contributed by atoms with E-state index in [2.05, 4.69) is 4.98 Å². The van der Waals surface area contributed by atoms with Crippen molar-refractivity contribution in [3.05, 3.63) is 101 Å². The molecule has 3 aromatic rings. The van der Waals surface area contributed by atoms with Crippen LogP contribution >= 0.6 is 0 Å². The second kappa shape index (κ2) is 9.52. The molecule has 0 saturated carbocycles. The lowest BCUT2D eigenvalue weighted by Crippen LogP contribution is -2.37. The summed E-state index contributed by atoms with van der Waals surface area (Å²) in [5, 5.41) is 0. The summed E-state index contributed by atoms with van der Waals surface area (Å²) >= 11 is 0. The number of hydrogen-bond acceptors (Lipinski definition) is 7. The van der Waals surface area contributed by atoms with Crippen LogP contribution in [0.2, 0.25) is 0 Å². The molecular weight excluding hydrogens is 419 g/mol. The largest absolute Gasteiger partial charge is 0.459 e. The second-order valence-electron chi connectivity index (χ2n) is 7.02. The van der Waals surface area contributed by atoms with Crippen LogP contribution in [0.15, 0.2) is 83.9 Å². The molecule has 1 aliphatic rings. The summed E-state index contributed by atoms with van der Waals surface area (Å²) < 4.78 is 32.6. The Morgan fingerprint density at radius 1 is 0.969 bits per heavy atom. The van der Waals surface area contributed by atoms with Gasteiger partial charge in [0.1, 0.15) is 12.7 Å². The van der Waals surface area contributed by atoms with Crippen LogP contribution < -0.4 is 5.69 Å². The van der Waals surface area contributed by atoms with E-state index in [0.29, 0.717) is 5.56 Å². The van der Waals surface area contributed by atoms with E-state index >= 15 is 4.39 Å². The number of carbonyl (C=O) groups is 2. The summed E-state index contributed by atoms with van der Waals surface area (Å²) in [4.78, 5) is 40.5. The van der Waals surface area contributed by atoms with Crippen molar-refractivity contribution in [3.63, 3.8) is 0 Å². The zero-order valence-corrected chi connectivity index (χ0v) is 16.7. The maximum Gasteiger partial charge on any atom is 0.349 e. The maximum absolute atomic E-state index is 15.4. The molecule has 164 valence electrons. The van der Waals surface area contributed by atoms with Crippen molar-refractivity contribution >= 4 is 11.9 Å². The number of alkyl halides is 1. The quantitative estimate of drug-likeness (QED) is 0.546. The lowest BCUT2D eigenvalue weighted by atomic mass is 10.1. The second-order valence-corrected chi connectivity index (χ2v) is 7.02. The fourth-order valence-corrected chi connectivity index (χ4v) is 3.34. The van der Waals surface area contributed by atoms with Crippen LogP contribution in [0.5, 0.6) is 0 Å². The average molecular weight is 438 g/mol. The predicted octanol–water partition coefficient (Wildman–Crippen LogP) is 2.56. The first-order valence-corrected chi connectivity index (χ1v) is 9.85. The standard InChI is InChI=1S/C23H19FN2O6/c24-18-19(32-22(28)16-10-5-2-6-11-16)17(14-30-21(27)15-8-3-1-4-9-15)31-20(18)26-13-7-12-25-23(26)29/h1-13,17-20H,14H2/t17-,18+,19-,20-/m1/s1. The first-order chi connectivity index (χ1) is 15.5. The Bertz CT molecular complexity index is 1140. The highest BCUT2D eigenvalue weighted by molar-refractivity contribution is 5.90. The molecule has 0 N–H and O–H groups in total. The summed E-state index contributed by atoms with van der Waals surface area (Å²) in [7, 11) is 0. The molecule has 8 nitrogen and oxygen atoms in total. The Kier molecular flexibility index (Phi) is 6.37. The molecule has 0 amide bonds. The number of aromatic nitrogens is 2. The lowest BCUT2D eigenvalue weighted by molar-refractivity contribution is -0.0592. The lowest BCUT2D eigenvalue weighted by Gasteiger charge is -2.19. The van der Waals surface area contributed by atoms with E-state index in [-0.39, 0.29) is 12.2 Å². The van der Waals surface area contributed by atoms with Crippen LogP contribution in [0.1, 0.15) is 26.9 Å². The van der Waals surface area contributed by atoms with Crippen LogP contribution in [0.3, 0.4) is 0 Å². The number of rotatable bonds is 6. The van der Waals surface area contributed by atoms with Crippen LogP contribution in [0.4, 0.5) is 4.39 Å². The van der Waals surface area contributed by atoms with Crippen molar-refractivity contribution in [2.45, 2.75) is 24.6 Å². The average Bonchev–Trinajstić information content (AvgIpc) is 3.13. The van der Waals surface area contributed by atoms with Crippen molar-refractivity contribution in [1.82, 2.24) is 9.55 Å². The molecule has 0 aliphatic carbocycles. The molecule has 1 saturated heterocycles. The Balaban J connectivity index is 1.54. The summed E-state index contributed by atoms with van der Waals surface area (Å²) in [5.74, 6) is -1.40. The minimum atomic E-state index is -1.90. The third-order valence-corrected chi connectivity index (χ3v) is 4.92. The molecule has 1 fully saturated rings. The molecule has 32 heavy (non-hydrogen) atoms. The first-order valence-electron chi connectivity index (χ1n) is 9.85. The van der Waals surface area contributed by atoms with Crippen molar-refractivity contribution in [2.24, 2.45) is 0 Å². The summed E-state index contributed by atoms with van der Waals surface area (Å²) in [6, 6.07) is 17.8. The van der Waals surface area contributed by atoms with Gasteiger partial charge in [-0.1, -0.05) is 36.4 Å². The Labute approximate surface area is 182 Å². The highest BCUT2D eigenvalue weighted by atomic mass is 19.1. The first kappa shape index (κ1) is 21.4. The van der Waals surface area contributed by atoms with E-state index in [4.69, 9.17) is 14.2 Å². The monoisotopic (exact) mass is 438 g/mol. The molecule has 0 unspecified atom stereocenters. The SMILES string of the molecule is O=C(OC[C@H]1O[C@@H](n2cccnc2=O)[C@@H](F)[C@@H]1OC(=O)c1ccccc1)c1ccccc1. The van der Waals surface area contributed by atoms with E-state index in [1.54, 1.807) is 48.5 Å². The molecule has 0 radical (unpaired) electrons. The number of ether oxygens (including phenoxy) is 3. The van der Waals surface area contributed by atoms with Gasteiger partial charge in [0.15, 0.2) is 18.5 Å². The van der Waals surface area contributed by atoms with Gasteiger partial charge >= 0.3 is 17.6 Å². The fourth-order valence-electron chi connectivity index (χ4n) is 3.34. The minimum absolute atomic E-state index is 0.224. The molecule has 1 aromatic heterocycles. The van der Waals surface area contributed by atoms with Gasteiger partial charge in [0, 0.05) is 12.4 Å². The number of halogens is 1. The van der Waals surface area contributed by atoms with Crippen LogP contribution in [-0.4, -0.2) is 46.5 Å². The van der Waals surface area contributed by atoms with Crippen molar-refractivity contribution < 1.29 is 28.2 Å². The Morgan fingerprint density at radius 2 is 1.59 bits per heavy atom. The molecule has 0 spiro atoms. The fraction of sp³-hybridized carbons (Fsp3) is 0.217. The summed E-state index contributed by atoms with van der Waals surface area (Å²) in [5.41, 5.74) is -0.197. The van der Waals surface area contributed by atoms with Gasteiger partial charge in [-0.2, -0.15) is 0 Å². The van der Waals surface area contributed by atoms with Gasteiger partial charge in [0.2, 0.25) is 0 Å². The number of esters is 2. The third-order valence-electron chi connectivity index (χ3n) is 4.92. The normalized spacial score (nSPS) is 22.3. The predicted molar refractivity (Wildman–Crippen MR) is 110 cm³/mol. The summed E-state index contributed by atoms with van der Waals surface area (Å²) in [6.45, 7) is -0.383. The van der Waals surface area contributed by atoms with Crippen molar-refractivity contribution in [3.8, 4) is 0 Å². The number of hydrogen-bond donors (Lipinski definition) is 0. The van der Waals surface area contributed by atoms with Crippen LogP contribution in [-0.2, 0) is 14.2 Å². The molecule has 4 rings (SSSR count). The van der Waals surface area contributed by atoms with Crippen molar-refractivity contribution in [2.75, 3.05) is 6.61 Å². The van der Waals surface area contributed by atoms with E-state index in [9.17, 15) is 14.4 Å². The van der Waals surface area contributed by atoms with E-state index in [1.165, 1.54) is 30.6 Å². The third kappa shape index (κ3) is 4.57. The number of carbonyl (C=O) groups excluding carboxylic acids is 2. The van der Waals surface area contributed by atoms with Gasteiger partial charge < -0.3 is 14.2 Å². The molecule has 2 heterocycles. The molecule has 1 aliphatic heterocycles. The maximum atomic E-state index is 15.4. The van der Waals surface area contributed by atoms with Gasteiger partial charge in [-0.05, 0) is 30.3 Å². The smallest absolute Gasteiger partial charge is 0.349 e. The zero-order valence-electron chi connectivity index (χ0n) is 16.7. The Morgan fingerprint density at radius 3 is 2.22 bits per heavy atom. The minimum Gasteiger partial charge on any atom is -0.459 e. The highest BCUT2D eigenvalue weighted by Gasteiger charge is 2.49. The molecular formula is C23H19FN2O6. The number of nitrogens with zero attached hydrogens (tertiary/aromatic N) is 2. The van der Waals surface area contributed by atoms with E-state index in [0.717, 1.165) is 4.57 Å². The molecule has 4 atom stereocenters. The molecule has 9 heteroatoms. The molecule has 2 aromatic carbocycles. The number of benzene rings is 2. The van der Waals surface area contributed by atoms with Gasteiger partial charge in [-0.15, -0.1) is 0 Å². The Hall–Kier alpha value is -3.85. The van der Waals surface area contributed by atoms with Crippen molar-refractivity contribution in [1.29, 1.82) is 0 Å². The van der Waals surface area contributed by atoms with E-state index < -0.39 is 42.2 Å². The van der Waals surface area contributed by atoms with Crippen LogP contribution in [0, 0.1) is 0 Å². The summed E-state index contributed by atoms with van der Waals surface area (Å²) in [6.07, 6.45) is -3.25. The van der Waals surface area contributed by atoms with Gasteiger partial charge in [-0.25, -0.2) is 23.8 Å². The topological polar surface area (TPSA) is 96.7 Å². The van der Waals surface area contributed by atoms with Gasteiger partial charge in [0.25, 0.3) is 0 Å². The highest BCUT2D eigenvalue weighted by Crippen LogP contribution is 2.34. The molecule has 0 bridgehead atoms. The zero-order chi connectivity index (χ0) is 22.5. The van der Waals surface area contributed by atoms with Gasteiger partial charge in [-0.3, -0.25) is 4.57 Å². The van der Waals surface area contributed by atoms with E-state index in [1.807, 2.05) is 0 Å².